The van der Waals surface area contributed by atoms with Gasteiger partial charge in [0.05, 0.1) is 24.8 Å². The van der Waals surface area contributed by atoms with E-state index in [0.717, 1.165) is 17.1 Å². The lowest BCUT2D eigenvalue weighted by Crippen LogP contribution is -3.10. The van der Waals surface area contributed by atoms with E-state index in [4.69, 9.17) is 0 Å². The number of carbonyl (C=O) groups excluding carboxylic acids is 1. The molecule has 1 aliphatic rings. The second-order valence-electron chi connectivity index (χ2n) is 5.86. The normalized spacial score (nSPS) is 16.4. The van der Waals surface area contributed by atoms with Gasteiger partial charge in [0.2, 0.25) is 0 Å². The first-order chi connectivity index (χ1) is 10.7. The van der Waals surface area contributed by atoms with Gasteiger partial charge in [0.1, 0.15) is 11.6 Å². The minimum absolute atomic E-state index is 0.0121. The monoisotopic (exact) mass is 316 g/mol. The van der Waals surface area contributed by atoms with Gasteiger partial charge in [0, 0.05) is 16.5 Å². The first-order valence-electron chi connectivity index (χ1n) is 7.82. The summed E-state index contributed by atoms with van der Waals surface area (Å²) in [6, 6.07) is 8.33. The van der Waals surface area contributed by atoms with Crippen LogP contribution >= 0.6 is 11.3 Å². The molecular formula is C17H20N2O2S. The Labute approximate surface area is 134 Å². The SMILES string of the molecule is O=C([O-])c1csc(-c2ccc(C[NH+]3CCCCCC3)cc2)n1. The van der Waals surface area contributed by atoms with E-state index in [-0.39, 0.29) is 5.69 Å². The van der Waals surface area contributed by atoms with Crippen LogP contribution in [0.25, 0.3) is 10.6 Å². The number of carbonyl (C=O) groups is 1. The van der Waals surface area contributed by atoms with Crippen LogP contribution in [0.1, 0.15) is 41.7 Å². The molecule has 2 aromatic rings. The molecule has 116 valence electrons. The molecule has 1 aliphatic heterocycles. The number of aromatic carboxylic acids is 1. The number of nitrogens with zero attached hydrogens (tertiary/aromatic N) is 1. The van der Waals surface area contributed by atoms with E-state index in [0.29, 0.717) is 0 Å². The van der Waals surface area contributed by atoms with Crippen LogP contribution < -0.4 is 10.0 Å². The van der Waals surface area contributed by atoms with Crippen molar-refractivity contribution in [3.05, 3.63) is 40.9 Å². The van der Waals surface area contributed by atoms with Gasteiger partial charge >= 0.3 is 0 Å². The summed E-state index contributed by atoms with van der Waals surface area (Å²) in [6.07, 6.45) is 5.40. The van der Waals surface area contributed by atoms with Crippen molar-refractivity contribution < 1.29 is 14.8 Å². The van der Waals surface area contributed by atoms with Gasteiger partial charge in [0.15, 0.2) is 0 Å². The summed E-state index contributed by atoms with van der Waals surface area (Å²) in [5, 5.41) is 13.0. The van der Waals surface area contributed by atoms with Gasteiger partial charge in [-0.15, -0.1) is 11.3 Å². The van der Waals surface area contributed by atoms with E-state index in [1.165, 1.54) is 61.1 Å². The number of carboxylic acid groups (broad SMARTS) is 1. The summed E-state index contributed by atoms with van der Waals surface area (Å²) >= 11 is 1.34. The molecular weight excluding hydrogens is 296 g/mol. The molecule has 1 fully saturated rings. The molecule has 1 N–H and O–H groups in total. The summed E-state index contributed by atoms with van der Waals surface area (Å²) in [5.74, 6) is -1.22. The second kappa shape index (κ2) is 7.03. The third-order valence-electron chi connectivity index (χ3n) is 4.18. The highest BCUT2D eigenvalue weighted by atomic mass is 32.1. The summed E-state index contributed by atoms with van der Waals surface area (Å²) < 4.78 is 0. The fraction of sp³-hybridized carbons (Fsp3) is 0.412. The molecule has 1 saturated heterocycles. The highest BCUT2D eigenvalue weighted by Gasteiger charge is 2.13. The Balaban J connectivity index is 1.67. The van der Waals surface area contributed by atoms with Crippen molar-refractivity contribution in [1.82, 2.24) is 4.98 Å². The van der Waals surface area contributed by atoms with Crippen LogP contribution in [0, 0.1) is 0 Å². The van der Waals surface area contributed by atoms with Gasteiger partial charge in [-0.2, -0.15) is 0 Å². The Morgan fingerprint density at radius 3 is 2.41 bits per heavy atom. The van der Waals surface area contributed by atoms with Gasteiger partial charge in [-0.25, -0.2) is 4.98 Å². The number of hydrogen-bond acceptors (Lipinski definition) is 4. The molecule has 0 aliphatic carbocycles. The number of likely N-dealkylation sites (tertiary alicyclic amines) is 1. The van der Waals surface area contributed by atoms with Crippen molar-refractivity contribution in [3.63, 3.8) is 0 Å². The third-order valence-corrected chi connectivity index (χ3v) is 5.07. The molecule has 1 aromatic carbocycles. The number of benzene rings is 1. The van der Waals surface area contributed by atoms with Gasteiger partial charge in [-0.3, -0.25) is 0 Å². The molecule has 0 bridgehead atoms. The van der Waals surface area contributed by atoms with Crippen LogP contribution in [-0.2, 0) is 6.54 Å². The van der Waals surface area contributed by atoms with Crippen molar-refractivity contribution in [2.75, 3.05) is 13.1 Å². The van der Waals surface area contributed by atoms with Crippen LogP contribution in [0.2, 0.25) is 0 Å². The van der Waals surface area contributed by atoms with Crippen molar-refractivity contribution in [1.29, 1.82) is 0 Å². The summed E-state index contributed by atoms with van der Waals surface area (Å²) in [6.45, 7) is 3.61. The van der Waals surface area contributed by atoms with Crippen LogP contribution in [-0.4, -0.2) is 24.0 Å². The molecule has 0 spiro atoms. The minimum atomic E-state index is -1.22. The number of nitrogens with one attached hydrogen (secondary N) is 1. The molecule has 0 amide bonds. The number of quaternary nitrogens is 1. The lowest BCUT2D eigenvalue weighted by molar-refractivity contribution is -0.913. The van der Waals surface area contributed by atoms with Crippen molar-refractivity contribution >= 4 is 17.3 Å². The van der Waals surface area contributed by atoms with E-state index >= 15 is 0 Å². The predicted molar refractivity (Wildman–Crippen MR) is 84.7 cm³/mol. The number of rotatable bonds is 4. The number of thiazole rings is 1. The van der Waals surface area contributed by atoms with E-state index in [1.54, 1.807) is 4.90 Å². The highest BCUT2D eigenvalue weighted by molar-refractivity contribution is 7.13. The molecule has 0 radical (unpaired) electrons. The molecule has 0 atom stereocenters. The Morgan fingerprint density at radius 1 is 1.14 bits per heavy atom. The second-order valence-corrected chi connectivity index (χ2v) is 6.72. The van der Waals surface area contributed by atoms with E-state index in [2.05, 4.69) is 17.1 Å². The Kier molecular flexibility index (Phi) is 4.85. The topological polar surface area (TPSA) is 57.5 Å². The molecule has 5 heteroatoms. The largest absolute Gasteiger partial charge is 0.543 e. The van der Waals surface area contributed by atoms with Crippen LogP contribution in [0.3, 0.4) is 0 Å². The van der Waals surface area contributed by atoms with Crippen molar-refractivity contribution in [3.8, 4) is 10.6 Å². The van der Waals surface area contributed by atoms with E-state index in [9.17, 15) is 9.90 Å². The van der Waals surface area contributed by atoms with Crippen LogP contribution in [0.4, 0.5) is 0 Å². The van der Waals surface area contributed by atoms with Gasteiger partial charge in [0.25, 0.3) is 0 Å². The lowest BCUT2D eigenvalue weighted by Gasteiger charge is -2.17. The molecule has 0 unspecified atom stereocenters. The highest BCUT2D eigenvalue weighted by Crippen LogP contribution is 2.23. The predicted octanol–water partition coefficient (Wildman–Crippen LogP) is 1.13. The lowest BCUT2D eigenvalue weighted by atomic mass is 10.1. The Morgan fingerprint density at radius 2 is 1.82 bits per heavy atom. The number of aromatic nitrogens is 1. The summed E-state index contributed by atoms with van der Waals surface area (Å²) in [7, 11) is 0. The maximum Gasteiger partial charge on any atom is 0.124 e. The Bertz CT molecular complexity index is 628. The average Bonchev–Trinajstić information content (AvgIpc) is 2.88. The summed E-state index contributed by atoms with van der Waals surface area (Å²) in [5.41, 5.74) is 2.31. The molecule has 22 heavy (non-hydrogen) atoms. The molecule has 4 nitrogen and oxygen atoms in total. The average molecular weight is 316 g/mol. The number of hydrogen-bond donors (Lipinski definition) is 1. The van der Waals surface area contributed by atoms with E-state index < -0.39 is 5.97 Å². The first kappa shape index (κ1) is 15.2. The van der Waals surface area contributed by atoms with Crippen LogP contribution in [0.15, 0.2) is 29.6 Å². The van der Waals surface area contributed by atoms with Gasteiger partial charge in [-0.05, 0) is 25.7 Å². The molecule has 3 rings (SSSR count). The fourth-order valence-corrected chi connectivity index (χ4v) is 3.75. The van der Waals surface area contributed by atoms with Crippen molar-refractivity contribution in [2.24, 2.45) is 0 Å². The number of carboxylic acids is 1. The van der Waals surface area contributed by atoms with Crippen LogP contribution in [0.5, 0.6) is 0 Å². The third kappa shape index (κ3) is 3.72. The zero-order chi connectivity index (χ0) is 15.4. The maximum absolute atomic E-state index is 10.8. The standard InChI is InChI=1S/C17H20N2O2S/c20-17(21)15-12-22-16(18-15)14-7-5-13(6-8-14)11-19-9-3-1-2-4-10-19/h5-8,12H,1-4,9-11H2,(H,20,21). The molecule has 1 aromatic heterocycles. The van der Waals surface area contributed by atoms with Gasteiger partial charge in [-0.1, -0.05) is 24.3 Å². The van der Waals surface area contributed by atoms with Crippen molar-refractivity contribution in [2.45, 2.75) is 32.2 Å². The molecule has 0 saturated carbocycles. The quantitative estimate of drug-likeness (QED) is 0.920. The minimum Gasteiger partial charge on any atom is -0.543 e. The summed E-state index contributed by atoms with van der Waals surface area (Å²) in [4.78, 5) is 16.5. The van der Waals surface area contributed by atoms with E-state index in [1.807, 2.05) is 12.1 Å². The molecule has 2 heterocycles. The zero-order valence-corrected chi connectivity index (χ0v) is 13.3. The Hall–Kier alpha value is -1.72. The zero-order valence-electron chi connectivity index (χ0n) is 12.5. The first-order valence-corrected chi connectivity index (χ1v) is 8.70. The smallest absolute Gasteiger partial charge is 0.124 e. The van der Waals surface area contributed by atoms with Gasteiger partial charge < -0.3 is 14.8 Å². The maximum atomic E-state index is 10.8. The fourth-order valence-electron chi connectivity index (χ4n) is 2.96.